The minimum Gasteiger partial charge on any atom is -0.354 e. The van der Waals surface area contributed by atoms with E-state index in [1.165, 1.54) is 0 Å². The Bertz CT molecular complexity index is 683. The van der Waals surface area contributed by atoms with Crippen LogP contribution in [0.3, 0.4) is 0 Å². The maximum absolute atomic E-state index is 12.2. The van der Waals surface area contributed by atoms with Crippen molar-refractivity contribution in [1.82, 2.24) is 15.3 Å². The van der Waals surface area contributed by atoms with Gasteiger partial charge in [-0.05, 0) is 36.6 Å². The van der Waals surface area contributed by atoms with Crippen molar-refractivity contribution in [2.45, 2.75) is 33.2 Å². The van der Waals surface area contributed by atoms with Crippen molar-refractivity contribution in [1.29, 1.82) is 0 Å². The fraction of sp³-hybridized carbons (Fsp3) is 0.368. The molecule has 0 aliphatic rings. The van der Waals surface area contributed by atoms with Gasteiger partial charge in [-0.15, -0.1) is 0 Å². The van der Waals surface area contributed by atoms with E-state index in [-0.39, 0.29) is 11.8 Å². The van der Waals surface area contributed by atoms with Gasteiger partial charge in [-0.1, -0.05) is 32.9 Å². The Morgan fingerprint density at radius 3 is 2.67 bits per heavy atom. The summed E-state index contributed by atoms with van der Waals surface area (Å²) in [5.41, 5.74) is 2.32. The zero-order valence-corrected chi connectivity index (χ0v) is 14.4. The highest BCUT2D eigenvalue weighted by molar-refractivity contribution is 5.86. The van der Waals surface area contributed by atoms with Crippen LogP contribution in [0.4, 0.5) is 0 Å². The number of aliphatic imine (C=N–C) groups is 1. The number of hydrogen-bond acceptors (Lipinski definition) is 4. The molecule has 2 aromatic rings. The zero-order valence-electron chi connectivity index (χ0n) is 14.4. The van der Waals surface area contributed by atoms with Gasteiger partial charge in [-0.25, -0.2) is 4.98 Å². The lowest BCUT2D eigenvalue weighted by Gasteiger charge is -2.15. The molecule has 126 valence electrons. The second kappa shape index (κ2) is 8.91. The molecule has 0 radical (unpaired) electrons. The van der Waals surface area contributed by atoms with Crippen LogP contribution in [0.5, 0.6) is 0 Å². The smallest absolute Gasteiger partial charge is 0.245 e. The third kappa shape index (κ3) is 4.98. The van der Waals surface area contributed by atoms with Crippen LogP contribution < -0.4 is 5.32 Å². The predicted octanol–water partition coefficient (Wildman–Crippen LogP) is 3.11. The molecule has 0 saturated carbocycles. The van der Waals surface area contributed by atoms with E-state index >= 15 is 0 Å². The minimum atomic E-state index is -0.406. The molecule has 0 bridgehead atoms. The molecule has 0 unspecified atom stereocenters. The summed E-state index contributed by atoms with van der Waals surface area (Å²) in [5.74, 6) is 0.0843. The Kier molecular flexibility index (Phi) is 6.61. The Morgan fingerprint density at radius 2 is 2.00 bits per heavy atom. The van der Waals surface area contributed by atoms with Crippen LogP contribution in [-0.4, -0.2) is 34.7 Å². The number of hydrogen-bond donors (Lipinski definition) is 1. The average molecular weight is 324 g/mol. The third-order valence-electron chi connectivity index (χ3n) is 3.51. The van der Waals surface area contributed by atoms with Gasteiger partial charge in [-0.2, -0.15) is 0 Å². The molecule has 5 nitrogen and oxygen atoms in total. The standard InChI is InChI=1S/C19H24N4O/c1-4-11-21-19(24)18(14(2)3)22-13-15-8-7-10-17(23-15)16-9-5-6-12-20-16/h5-10,12-14,18H,4,11H2,1-3H3,(H,21,24)/t18-/m0/s1. The number of aromatic nitrogens is 2. The van der Waals surface area contributed by atoms with Gasteiger partial charge >= 0.3 is 0 Å². The van der Waals surface area contributed by atoms with Gasteiger partial charge in [0.05, 0.1) is 17.1 Å². The molecular weight excluding hydrogens is 300 g/mol. The summed E-state index contributed by atoms with van der Waals surface area (Å²) in [7, 11) is 0. The summed E-state index contributed by atoms with van der Waals surface area (Å²) >= 11 is 0. The summed E-state index contributed by atoms with van der Waals surface area (Å²) < 4.78 is 0. The van der Waals surface area contributed by atoms with Gasteiger partial charge in [0.25, 0.3) is 0 Å². The molecule has 0 aromatic carbocycles. The van der Waals surface area contributed by atoms with Crippen LogP contribution in [0.15, 0.2) is 47.6 Å². The summed E-state index contributed by atoms with van der Waals surface area (Å²) in [6.07, 6.45) is 4.32. The van der Waals surface area contributed by atoms with Gasteiger partial charge in [0.1, 0.15) is 6.04 Å². The molecule has 1 atom stereocenters. The van der Waals surface area contributed by atoms with E-state index in [1.807, 2.05) is 57.2 Å². The second-order valence-corrected chi connectivity index (χ2v) is 5.92. The maximum Gasteiger partial charge on any atom is 0.245 e. The van der Waals surface area contributed by atoms with E-state index in [0.717, 1.165) is 17.8 Å². The highest BCUT2D eigenvalue weighted by atomic mass is 16.2. The fourth-order valence-electron chi connectivity index (χ4n) is 2.23. The minimum absolute atomic E-state index is 0.0380. The van der Waals surface area contributed by atoms with Crippen molar-refractivity contribution < 1.29 is 4.79 Å². The first-order chi connectivity index (χ1) is 11.6. The predicted molar refractivity (Wildman–Crippen MR) is 97.0 cm³/mol. The van der Waals surface area contributed by atoms with Crippen molar-refractivity contribution in [3.63, 3.8) is 0 Å². The average Bonchev–Trinajstić information content (AvgIpc) is 2.61. The molecule has 0 aliphatic carbocycles. The molecule has 0 fully saturated rings. The normalized spacial score (nSPS) is 12.5. The molecule has 5 heteroatoms. The topological polar surface area (TPSA) is 67.2 Å². The molecule has 1 N–H and O–H groups in total. The molecule has 0 spiro atoms. The Labute approximate surface area is 143 Å². The first-order valence-electron chi connectivity index (χ1n) is 8.31. The molecular formula is C19H24N4O. The Morgan fingerprint density at radius 1 is 1.21 bits per heavy atom. The van der Waals surface area contributed by atoms with E-state index in [1.54, 1.807) is 12.4 Å². The molecule has 0 aliphatic heterocycles. The van der Waals surface area contributed by atoms with E-state index in [9.17, 15) is 4.79 Å². The van der Waals surface area contributed by atoms with Gasteiger partial charge in [-0.3, -0.25) is 14.8 Å². The second-order valence-electron chi connectivity index (χ2n) is 5.92. The molecule has 2 rings (SSSR count). The molecule has 2 aromatic heterocycles. The van der Waals surface area contributed by atoms with Crippen LogP contribution in [0.1, 0.15) is 32.9 Å². The first-order valence-corrected chi connectivity index (χ1v) is 8.31. The van der Waals surface area contributed by atoms with Gasteiger partial charge in [0.2, 0.25) is 5.91 Å². The van der Waals surface area contributed by atoms with Crippen LogP contribution in [0.2, 0.25) is 0 Å². The lowest BCUT2D eigenvalue weighted by atomic mass is 10.0. The Balaban J connectivity index is 2.16. The summed E-state index contributed by atoms with van der Waals surface area (Å²) in [6.45, 7) is 6.68. The summed E-state index contributed by atoms with van der Waals surface area (Å²) in [4.78, 5) is 25.5. The van der Waals surface area contributed by atoms with Crippen molar-refractivity contribution in [3.05, 3.63) is 48.3 Å². The monoisotopic (exact) mass is 324 g/mol. The number of pyridine rings is 2. The number of carbonyl (C=O) groups excluding carboxylic acids is 1. The molecule has 0 saturated heterocycles. The first kappa shape index (κ1) is 17.8. The quantitative estimate of drug-likeness (QED) is 0.796. The highest BCUT2D eigenvalue weighted by Gasteiger charge is 2.20. The SMILES string of the molecule is CCCNC(=O)[C@@H](N=Cc1cccc(-c2ccccn2)n1)C(C)C. The highest BCUT2D eigenvalue weighted by Crippen LogP contribution is 2.13. The lowest BCUT2D eigenvalue weighted by Crippen LogP contribution is -2.37. The lowest BCUT2D eigenvalue weighted by molar-refractivity contribution is -0.123. The number of amides is 1. The van der Waals surface area contributed by atoms with Gasteiger partial charge in [0.15, 0.2) is 0 Å². The van der Waals surface area contributed by atoms with Crippen molar-refractivity contribution in [2.75, 3.05) is 6.54 Å². The van der Waals surface area contributed by atoms with Gasteiger partial charge in [0, 0.05) is 19.0 Å². The van der Waals surface area contributed by atoms with E-state index in [0.29, 0.717) is 12.2 Å². The fourth-order valence-corrected chi connectivity index (χ4v) is 2.23. The van der Waals surface area contributed by atoms with Crippen LogP contribution in [0.25, 0.3) is 11.4 Å². The van der Waals surface area contributed by atoms with E-state index in [4.69, 9.17) is 0 Å². The van der Waals surface area contributed by atoms with Crippen LogP contribution in [0, 0.1) is 5.92 Å². The van der Waals surface area contributed by atoms with Crippen LogP contribution >= 0.6 is 0 Å². The number of carbonyl (C=O) groups is 1. The molecule has 1 amide bonds. The Hall–Kier alpha value is -2.56. The summed E-state index contributed by atoms with van der Waals surface area (Å²) in [5, 5.41) is 2.90. The van der Waals surface area contributed by atoms with Crippen molar-refractivity contribution in [2.24, 2.45) is 10.9 Å². The van der Waals surface area contributed by atoms with E-state index in [2.05, 4.69) is 20.3 Å². The van der Waals surface area contributed by atoms with Crippen molar-refractivity contribution in [3.8, 4) is 11.4 Å². The zero-order chi connectivity index (χ0) is 17.4. The van der Waals surface area contributed by atoms with Gasteiger partial charge < -0.3 is 5.32 Å². The summed E-state index contributed by atoms with van der Waals surface area (Å²) in [6, 6.07) is 11.0. The van der Waals surface area contributed by atoms with Crippen molar-refractivity contribution >= 4 is 12.1 Å². The number of rotatable bonds is 7. The largest absolute Gasteiger partial charge is 0.354 e. The van der Waals surface area contributed by atoms with E-state index < -0.39 is 6.04 Å². The third-order valence-corrected chi connectivity index (χ3v) is 3.51. The molecule has 2 heterocycles. The van der Waals surface area contributed by atoms with Crippen LogP contribution in [-0.2, 0) is 4.79 Å². The number of nitrogens with one attached hydrogen (secondary N) is 1. The number of nitrogens with zero attached hydrogens (tertiary/aromatic N) is 3. The molecule has 24 heavy (non-hydrogen) atoms. The maximum atomic E-state index is 12.2.